The van der Waals surface area contributed by atoms with Crippen LogP contribution in [0.15, 0.2) is 23.1 Å². The zero-order valence-corrected chi connectivity index (χ0v) is 14.4. The van der Waals surface area contributed by atoms with Gasteiger partial charge in [-0.05, 0) is 55.7 Å². The van der Waals surface area contributed by atoms with Gasteiger partial charge in [-0.3, -0.25) is 4.79 Å². The number of rotatable bonds is 3. The SMILES string of the molecule is CCN(C(=O)c1ccc2c(c1)CCCS2)C1CCS(=O)(=O)C1. The van der Waals surface area contributed by atoms with Crippen molar-refractivity contribution < 1.29 is 13.2 Å². The van der Waals surface area contributed by atoms with Crippen LogP contribution in [0, 0.1) is 0 Å². The molecule has 2 aliphatic heterocycles. The van der Waals surface area contributed by atoms with Crippen molar-refractivity contribution in [3.63, 3.8) is 0 Å². The Labute approximate surface area is 136 Å². The topological polar surface area (TPSA) is 54.5 Å². The van der Waals surface area contributed by atoms with Gasteiger partial charge in [0, 0.05) is 23.0 Å². The molecule has 0 bridgehead atoms. The summed E-state index contributed by atoms with van der Waals surface area (Å²) in [7, 11) is -2.98. The molecule has 0 radical (unpaired) electrons. The summed E-state index contributed by atoms with van der Waals surface area (Å²) in [6.45, 7) is 2.46. The second-order valence-corrected chi connectivity index (χ2v) is 9.29. The average Bonchev–Trinajstić information content (AvgIpc) is 2.87. The molecule has 1 aromatic carbocycles. The number of fused-ring (bicyclic) bond motifs is 1. The van der Waals surface area contributed by atoms with Gasteiger partial charge in [0.05, 0.1) is 11.5 Å². The molecule has 2 heterocycles. The Morgan fingerprint density at radius 1 is 1.41 bits per heavy atom. The van der Waals surface area contributed by atoms with Gasteiger partial charge in [0.15, 0.2) is 9.84 Å². The molecule has 0 N–H and O–H groups in total. The first-order chi connectivity index (χ1) is 10.5. The molecule has 6 heteroatoms. The predicted molar refractivity (Wildman–Crippen MR) is 89.3 cm³/mol. The highest BCUT2D eigenvalue weighted by Gasteiger charge is 2.34. The van der Waals surface area contributed by atoms with Crippen molar-refractivity contribution in [2.45, 2.75) is 37.1 Å². The van der Waals surface area contributed by atoms with Crippen LogP contribution in [0.2, 0.25) is 0 Å². The minimum Gasteiger partial charge on any atom is -0.335 e. The van der Waals surface area contributed by atoms with Crippen LogP contribution in [0.5, 0.6) is 0 Å². The van der Waals surface area contributed by atoms with E-state index in [1.165, 1.54) is 10.5 Å². The molecule has 0 spiro atoms. The lowest BCUT2D eigenvalue weighted by atomic mass is 10.0. The molecular weight excluding hydrogens is 318 g/mol. The zero-order chi connectivity index (χ0) is 15.7. The average molecular weight is 339 g/mol. The van der Waals surface area contributed by atoms with E-state index in [9.17, 15) is 13.2 Å². The summed E-state index contributed by atoms with van der Waals surface area (Å²) in [6.07, 6.45) is 2.73. The third kappa shape index (κ3) is 3.18. The number of nitrogens with zero attached hydrogens (tertiary/aromatic N) is 1. The summed E-state index contributed by atoms with van der Waals surface area (Å²) in [6, 6.07) is 5.74. The highest BCUT2D eigenvalue weighted by molar-refractivity contribution is 7.99. The van der Waals surface area contributed by atoms with Crippen LogP contribution in [0.1, 0.15) is 35.7 Å². The van der Waals surface area contributed by atoms with Gasteiger partial charge in [0.25, 0.3) is 5.91 Å². The molecule has 120 valence electrons. The Morgan fingerprint density at radius 2 is 2.23 bits per heavy atom. The number of benzene rings is 1. The van der Waals surface area contributed by atoms with Gasteiger partial charge < -0.3 is 4.90 Å². The first kappa shape index (κ1) is 15.9. The number of hydrogen-bond donors (Lipinski definition) is 0. The maximum atomic E-state index is 12.8. The van der Waals surface area contributed by atoms with Crippen LogP contribution in [0.25, 0.3) is 0 Å². The molecule has 1 unspecified atom stereocenters. The zero-order valence-electron chi connectivity index (χ0n) is 12.7. The summed E-state index contributed by atoms with van der Waals surface area (Å²) in [5.41, 5.74) is 1.93. The van der Waals surface area contributed by atoms with E-state index in [1.807, 2.05) is 36.9 Å². The lowest BCUT2D eigenvalue weighted by Crippen LogP contribution is -2.41. The maximum Gasteiger partial charge on any atom is 0.254 e. The predicted octanol–water partition coefficient (Wildman–Crippen LogP) is 2.37. The molecule has 1 amide bonds. The van der Waals surface area contributed by atoms with E-state index in [1.54, 1.807) is 4.90 Å². The third-order valence-electron chi connectivity index (χ3n) is 4.41. The molecule has 2 aliphatic rings. The second-order valence-electron chi connectivity index (χ2n) is 5.92. The summed E-state index contributed by atoms with van der Waals surface area (Å²) in [5.74, 6) is 1.40. The Morgan fingerprint density at radius 3 is 2.91 bits per heavy atom. The minimum absolute atomic E-state index is 0.0389. The fourth-order valence-electron chi connectivity index (χ4n) is 3.25. The number of carbonyl (C=O) groups excluding carboxylic acids is 1. The van der Waals surface area contributed by atoms with Crippen LogP contribution in [-0.2, 0) is 16.3 Å². The van der Waals surface area contributed by atoms with E-state index >= 15 is 0 Å². The molecule has 1 fully saturated rings. The van der Waals surface area contributed by atoms with Gasteiger partial charge >= 0.3 is 0 Å². The number of thioether (sulfide) groups is 1. The fraction of sp³-hybridized carbons (Fsp3) is 0.562. The van der Waals surface area contributed by atoms with E-state index in [-0.39, 0.29) is 23.5 Å². The maximum absolute atomic E-state index is 12.8. The van der Waals surface area contributed by atoms with E-state index in [0.717, 1.165) is 18.6 Å². The number of aryl methyl sites for hydroxylation is 1. The molecule has 0 aliphatic carbocycles. The highest BCUT2D eigenvalue weighted by Crippen LogP contribution is 2.31. The quantitative estimate of drug-likeness (QED) is 0.848. The molecule has 0 aromatic heterocycles. The summed E-state index contributed by atoms with van der Waals surface area (Å²) in [4.78, 5) is 15.8. The van der Waals surface area contributed by atoms with Gasteiger partial charge in [-0.15, -0.1) is 11.8 Å². The van der Waals surface area contributed by atoms with Crippen LogP contribution >= 0.6 is 11.8 Å². The van der Waals surface area contributed by atoms with Crippen LogP contribution < -0.4 is 0 Å². The van der Waals surface area contributed by atoms with Gasteiger partial charge in [0.2, 0.25) is 0 Å². The van der Waals surface area contributed by atoms with Crippen molar-refractivity contribution in [1.29, 1.82) is 0 Å². The summed E-state index contributed by atoms with van der Waals surface area (Å²) in [5, 5.41) is 0. The van der Waals surface area contributed by atoms with E-state index in [0.29, 0.717) is 18.5 Å². The normalized spacial score (nSPS) is 23.0. The lowest BCUT2D eigenvalue weighted by Gasteiger charge is -2.27. The first-order valence-electron chi connectivity index (χ1n) is 7.77. The number of sulfone groups is 1. The standard InChI is InChI=1S/C16H21NO3S2/c1-2-17(14-7-9-22(19,20)11-14)16(18)13-5-6-15-12(10-13)4-3-8-21-15/h5-6,10,14H,2-4,7-9,11H2,1H3. The second kappa shape index (κ2) is 6.24. The van der Waals surface area contributed by atoms with Crippen LogP contribution in [-0.4, -0.2) is 49.1 Å². The van der Waals surface area contributed by atoms with Crippen molar-refractivity contribution in [1.82, 2.24) is 4.90 Å². The largest absolute Gasteiger partial charge is 0.335 e. The Hall–Kier alpha value is -1.01. The van der Waals surface area contributed by atoms with Crippen molar-refractivity contribution in [3.8, 4) is 0 Å². The molecule has 1 saturated heterocycles. The Balaban J connectivity index is 1.82. The van der Waals surface area contributed by atoms with Crippen molar-refractivity contribution in [2.75, 3.05) is 23.8 Å². The van der Waals surface area contributed by atoms with Gasteiger partial charge in [-0.1, -0.05) is 0 Å². The minimum atomic E-state index is -2.98. The lowest BCUT2D eigenvalue weighted by molar-refractivity contribution is 0.0708. The third-order valence-corrected chi connectivity index (χ3v) is 7.36. The molecular formula is C16H21NO3S2. The molecule has 1 aromatic rings. The van der Waals surface area contributed by atoms with E-state index in [4.69, 9.17) is 0 Å². The van der Waals surface area contributed by atoms with Crippen molar-refractivity contribution in [3.05, 3.63) is 29.3 Å². The monoisotopic (exact) mass is 339 g/mol. The molecule has 1 atom stereocenters. The Bertz CT molecular complexity index is 685. The van der Waals surface area contributed by atoms with Crippen molar-refractivity contribution in [2.24, 2.45) is 0 Å². The first-order valence-corrected chi connectivity index (χ1v) is 10.6. The number of hydrogen-bond acceptors (Lipinski definition) is 4. The summed E-state index contributed by atoms with van der Waals surface area (Å²) >= 11 is 1.84. The van der Waals surface area contributed by atoms with Gasteiger partial charge in [-0.2, -0.15) is 0 Å². The molecule has 0 saturated carbocycles. The molecule has 3 rings (SSSR count). The number of carbonyl (C=O) groups is 1. The Kier molecular flexibility index (Phi) is 4.50. The highest BCUT2D eigenvalue weighted by atomic mass is 32.2. The van der Waals surface area contributed by atoms with E-state index in [2.05, 4.69) is 0 Å². The molecule has 4 nitrogen and oxygen atoms in total. The van der Waals surface area contributed by atoms with Gasteiger partial charge in [-0.25, -0.2) is 8.42 Å². The smallest absolute Gasteiger partial charge is 0.254 e. The molecule has 22 heavy (non-hydrogen) atoms. The van der Waals surface area contributed by atoms with Crippen LogP contribution in [0.4, 0.5) is 0 Å². The van der Waals surface area contributed by atoms with E-state index < -0.39 is 9.84 Å². The van der Waals surface area contributed by atoms with Crippen molar-refractivity contribution >= 4 is 27.5 Å². The van der Waals surface area contributed by atoms with Crippen LogP contribution in [0.3, 0.4) is 0 Å². The summed E-state index contributed by atoms with van der Waals surface area (Å²) < 4.78 is 23.3. The van der Waals surface area contributed by atoms with Gasteiger partial charge in [0.1, 0.15) is 0 Å². The fourth-order valence-corrected chi connectivity index (χ4v) is 6.00. The number of amides is 1.